The van der Waals surface area contributed by atoms with Crippen molar-refractivity contribution in [1.29, 1.82) is 0 Å². The molecule has 3 heteroatoms. The molecule has 0 fully saturated rings. The fourth-order valence-electron chi connectivity index (χ4n) is 2.05. The van der Waals surface area contributed by atoms with Gasteiger partial charge in [-0.1, -0.05) is 54.1 Å². The van der Waals surface area contributed by atoms with Crippen LogP contribution in [0.2, 0.25) is 5.02 Å². The molecule has 0 amide bonds. The zero-order valence-electron chi connectivity index (χ0n) is 11.3. The number of rotatable bonds is 7. The van der Waals surface area contributed by atoms with Gasteiger partial charge >= 0.3 is 0 Å². The summed E-state index contributed by atoms with van der Waals surface area (Å²) in [5.74, 6) is 0.681. The minimum Gasteiger partial charge on any atom is -0.369 e. The second-order valence-corrected chi connectivity index (χ2v) is 5.42. The molecule has 0 radical (unpaired) electrons. The van der Waals surface area contributed by atoms with Crippen LogP contribution in [0.3, 0.4) is 0 Å². The Morgan fingerprint density at radius 3 is 2.15 bits per heavy atom. The Balaban J connectivity index is 2.13. The lowest BCUT2D eigenvalue weighted by atomic mass is 10.0. The van der Waals surface area contributed by atoms with Gasteiger partial charge < -0.3 is 4.74 Å². The molecule has 2 aromatic carbocycles. The summed E-state index contributed by atoms with van der Waals surface area (Å²) < 4.78 is 6.05. The highest BCUT2D eigenvalue weighted by Gasteiger charge is 2.14. The van der Waals surface area contributed by atoms with Gasteiger partial charge in [-0.15, -0.1) is 11.6 Å². The van der Waals surface area contributed by atoms with Crippen molar-refractivity contribution in [2.75, 3.05) is 12.5 Å². The molecular formula is C17H18Cl2O. The highest BCUT2D eigenvalue weighted by Crippen LogP contribution is 2.27. The van der Waals surface area contributed by atoms with Crippen molar-refractivity contribution in [3.63, 3.8) is 0 Å². The van der Waals surface area contributed by atoms with Crippen molar-refractivity contribution in [3.8, 4) is 0 Å². The molecule has 2 aromatic rings. The average molecular weight is 309 g/mol. The van der Waals surface area contributed by atoms with Crippen LogP contribution < -0.4 is 0 Å². The second-order valence-electron chi connectivity index (χ2n) is 4.61. The van der Waals surface area contributed by atoms with Crippen LogP contribution in [0.4, 0.5) is 0 Å². The van der Waals surface area contributed by atoms with Gasteiger partial charge in [0.05, 0.1) is 0 Å². The molecule has 0 saturated carbocycles. The van der Waals surface area contributed by atoms with Gasteiger partial charge in [0.15, 0.2) is 0 Å². The molecule has 0 saturated heterocycles. The van der Waals surface area contributed by atoms with Gasteiger partial charge in [-0.25, -0.2) is 0 Å². The third-order valence-corrected chi connectivity index (χ3v) is 3.61. The van der Waals surface area contributed by atoms with Crippen LogP contribution in [0.25, 0.3) is 0 Å². The molecule has 0 heterocycles. The number of hydrogen-bond acceptors (Lipinski definition) is 1. The van der Waals surface area contributed by atoms with Crippen LogP contribution in [0.15, 0.2) is 54.6 Å². The summed E-state index contributed by atoms with van der Waals surface area (Å²) in [5.41, 5.74) is 2.27. The van der Waals surface area contributed by atoms with E-state index in [4.69, 9.17) is 27.9 Å². The molecule has 0 N–H and O–H groups in total. The summed E-state index contributed by atoms with van der Waals surface area (Å²) in [7, 11) is 0. The number of unbranched alkanes of at least 4 members (excludes halogenated alkanes) is 1. The van der Waals surface area contributed by atoms with E-state index < -0.39 is 0 Å². The molecule has 106 valence electrons. The summed E-state index contributed by atoms with van der Waals surface area (Å²) in [6.07, 6.45) is 1.90. The lowest BCUT2D eigenvalue weighted by Gasteiger charge is -2.19. The van der Waals surface area contributed by atoms with Gasteiger partial charge in [-0.2, -0.15) is 0 Å². The molecule has 0 aliphatic rings. The van der Waals surface area contributed by atoms with E-state index in [1.807, 2.05) is 42.5 Å². The van der Waals surface area contributed by atoms with Gasteiger partial charge in [0.2, 0.25) is 0 Å². The Morgan fingerprint density at radius 1 is 0.850 bits per heavy atom. The van der Waals surface area contributed by atoms with Crippen molar-refractivity contribution in [3.05, 3.63) is 70.7 Å². The Hall–Kier alpha value is -1.02. The van der Waals surface area contributed by atoms with Crippen molar-refractivity contribution >= 4 is 23.2 Å². The largest absolute Gasteiger partial charge is 0.369 e. The zero-order chi connectivity index (χ0) is 14.2. The van der Waals surface area contributed by atoms with E-state index in [1.165, 1.54) is 0 Å². The first kappa shape index (κ1) is 15.4. The summed E-state index contributed by atoms with van der Waals surface area (Å²) >= 11 is 11.7. The van der Waals surface area contributed by atoms with Crippen LogP contribution in [-0.4, -0.2) is 12.5 Å². The molecule has 0 aliphatic heterocycles. The van der Waals surface area contributed by atoms with Crippen molar-refractivity contribution in [2.24, 2.45) is 0 Å². The number of benzene rings is 2. The van der Waals surface area contributed by atoms with Crippen molar-refractivity contribution in [2.45, 2.75) is 18.9 Å². The average Bonchev–Trinajstić information content (AvgIpc) is 2.50. The Morgan fingerprint density at radius 2 is 1.50 bits per heavy atom. The van der Waals surface area contributed by atoms with Crippen LogP contribution >= 0.6 is 23.2 Å². The van der Waals surface area contributed by atoms with Gasteiger partial charge in [0.1, 0.15) is 6.10 Å². The van der Waals surface area contributed by atoms with Crippen molar-refractivity contribution < 1.29 is 4.74 Å². The van der Waals surface area contributed by atoms with Gasteiger partial charge in [0.25, 0.3) is 0 Å². The maximum Gasteiger partial charge on any atom is 0.108 e. The SMILES string of the molecule is ClCCCCO[C@@H](c1ccccc1)c1ccc(Cl)cc1. The topological polar surface area (TPSA) is 9.23 Å². The molecule has 0 spiro atoms. The fraction of sp³-hybridized carbons (Fsp3) is 0.294. The third-order valence-electron chi connectivity index (χ3n) is 3.09. The monoisotopic (exact) mass is 308 g/mol. The Labute approximate surface area is 130 Å². The van der Waals surface area contributed by atoms with Gasteiger partial charge in [0, 0.05) is 17.5 Å². The number of halogens is 2. The number of hydrogen-bond donors (Lipinski definition) is 0. The molecule has 20 heavy (non-hydrogen) atoms. The van der Waals surface area contributed by atoms with Crippen LogP contribution in [0.5, 0.6) is 0 Å². The predicted octanol–water partition coefficient (Wildman–Crippen LogP) is 5.47. The lowest BCUT2D eigenvalue weighted by Crippen LogP contribution is -2.07. The smallest absolute Gasteiger partial charge is 0.108 e. The minimum atomic E-state index is -0.0520. The fourth-order valence-corrected chi connectivity index (χ4v) is 2.36. The molecule has 0 aromatic heterocycles. The highest BCUT2D eigenvalue weighted by atomic mass is 35.5. The first-order valence-corrected chi connectivity index (χ1v) is 7.70. The summed E-state index contributed by atoms with van der Waals surface area (Å²) in [6, 6.07) is 18.1. The number of alkyl halides is 1. The molecule has 0 bridgehead atoms. The quantitative estimate of drug-likeness (QED) is 0.487. The maximum atomic E-state index is 6.05. The first-order valence-electron chi connectivity index (χ1n) is 6.79. The maximum absolute atomic E-state index is 6.05. The van der Waals surface area contributed by atoms with E-state index in [2.05, 4.69) is 12.1 Å². The van der Waals surface area contributed by atoms with E-state index in [-0.39, 0.29) is 6.10 Å². The van der Waals surface area contributed by atoms with E-state index >= 15 is 0 Å². The molecular weight excluding hydrogens is 291 g/mol. The van der Waals surface area contributed by atoms with Crippen molar-refractivity contribution in [1.82, 2.24) is 0 Å². The van der Waals surface area contributed by atoms with E-state index in [1.54, 1.807) is 0 Å². The highest BCUT2D eigenvalue weighted by molar-refractivity contribution is 6.30. The molecule has 1 atom stereocenters. The van der Waals surface area contributed by atoms with Crippen LogP contribution in [0, 0.1) is 0 Å². The van der Waals surface area contributed by atoms with Gasteiger partial charge in [-0.05, 0) is 36.1 Å². The normalized spacial score (nSPS) is 12.3. The molecule has 0 unspecified atom stereocenters. The standard InChI is InChI=1S/C17H18Cl2O/c18-12-4-5-13-20-17(14-6-2-1-3-7-14)15-8-10-16(19)11-9-15/h1-3,6-11,17H,4-5,12-13H2/t17-/m0/s1. The van der Waals surface area contributed by atoms with E-state index in [0.717, 1.165) is 29.0 Å². The first-order chi connectivity index (χ1) is 9.81. The minimum absolute atomic E-state index is 0.0520. The predicted molar refractivity (Wildman–Crippen MR) is 85.6 cm³/mol. The molecule has 0 aliphatic carbocycles. The summed E-state index contributed by atoms with van der Waals surface area (Å²) in [5, 5.41) is 0.739. The van der Waals surface area contributed by atoms with Crippen LogP contribution in [0.1, 0.15) is 30.1 Å². The number of ether oxygens (including phenoxy) is 1. The molecule has 1 nitrogen and oxygen atoms in total. The Bertz CT molecular complexity index is 496. The van der Waals surface area contributed by atoms with Gasteiger partial charge in [-0.3, -0.25) is 0 Å². The third kappa shape index (κ3) is 4.52. The Kier molecular flexibility index (Phi) is 6.38. The van der Waals surface area contributed by atoms with Crippen LogP contribution in [-0.2, 0) is 4.74 Å². The van der Waals surface area contributed by atoms with E-state index in [0.29, 0.717) is 12.5 Å². The zero-order valence-corrected chi connectivity index (χ0v) is 12.8. The molecule has 2 rings (SSSR count). The second kappa shape index (κ2) is 8.31. The lowest BCUT2D eigenvalue weighted by molar-refractivity contribution is 0.0779. The summed E-state index contributed by atoms with van der Waals surface area (Å²) in [6.45, 7) is 0.703. The van der Waals surface area contributed by atoms with E-state index in [9.17, 15) is 0 Å². The summed E-state index contributed by atoms with van der Waals surface area (Å²) in [4.78, 5) is 0.